The van der Waals surface area contributed by atoms with E-state index in [0.29, 0.717) is 12.1 Å². The molecule has 7 heteroatoms. The number of carbonyl (C=O) groups is 1. The van der Waals surface area contributed by atoms with Crippen LogP contribution in [0.2, 0.25) is 0 Å². The molecule has 0 bridgehead atoms. The lowest BCUT2D eigenvalue weighted by molar-refractivity contribution is 0.0710. The van der Waals surface area contributed by atoms with Crippen LogP contribution in [0.5, 0.6) is 0 Å². The first-order valence-electron chi connectivity index (χ1n) is 6.92. The average Bonchev–Trinajstić information content (AvgIpc) is 2.47. The van der Waals surface area contributed by atoms with Crippen LogP contribution < -0.4 is 0 Å². The summed E-state index contributed by atoms with van der Waals surface area (Å²) in [5.74, 6) is -0.209. The molecule has 0 N–H and O–H groups in total. The molecule has 0 atom stereocenters. The third-order valence-electron chi connectivity index (χ3n) is 3.23. The van der Waals surface area contributed by atoms with Gasteiger partial charge in [-0.25, -0.2) is 12.7 Å². The second-order valence-electron chi connectivity index (χ2n) is 5.31. The second kappa shape index (κ2) is 7.38. The summed E-state index contributed by atoms with van der Waals surface area (Å²) >= 11 is 0. The van der Waals surface area contributed by atoms with Gasteiger partial charge in [-0.2, -0.15) is 5.26 Å². The van der Waals surface area contributed by atoms with Crippen molar-refractivity contribution in [3.05, 3.63) is 29.8 Å². The lowest BCUT2D eigenvalue weighted by atomic mass is 10.1. The molecule has 0 unspecified atom stereocenters. The maximum Gasteiger partial charge on any atom is 0.254 e. The van der Waals surface area contributed by atoms with E-state index in [0.717, 1.165) is 4.31 Å². The molecule has 0 radical (unpaired) electrons. The highest BCUT2D eigenvalue weighted by Gasteiger charge is 2.21. The van der Waals surface area contributed by atoms with Gasteiger partial charge in [0.05, 0.1) is 17.4 Å². The predicted octanol–water partition coefficient (Wildman–Crippen LogP) is 1.70. The van der Waals surface area contributed by atoms with Crippen molar-refractivity contribution in [2.24, 2.45) is 0 Å². The fourth-order valence-corrected chi connectivity index (χ4v) is 2.81. The molecule has 120 valence electrons. The Morgan fingerprint density at radius 1 is 1.23 bits per heavy atom. The van der Waals surface area contributed by atoms with Gasteiger partial charge in [-0.3, -0.25) is 4.79 Å². The zero-order chi connectivity index (χ0) is 16.9. The summed E-state index contributed by atoms with van der Waals surface area (Å²) in [5.41, 5.74) is 0.407. The number of sulfonamides is 1. The third-order valence-corrected chi connectivity index (χ3v) is 5.06. The van der Waals surface area contributed by atoms with E-state index in [2.05, 4.69) is 0 Å². The molecule has 1 aromatic carbocycles. The summed E-state index contributed by atoms with van der Waals surface area (Å²) in [5, 5.41) is 8.67. The molecule has 0 aliphatic carbocycles. The molecule has 0 fully saturated rings. The van der Waals surface area contributed by atoms with Crippen molar-refractivity contribution in [3.63, 3.8) is 0 Å². The Balaban J connectivity index is 3.03. The summed E-state index contributed by atoms with van der Waals surface area (Å²) < 4.78 is 25.1. The lowest BCUT2D eigenvalue weighted by Gasteiger charge is -2.26. The highest BCUT2D eigenvalue weighted by atomic mass is 32.2. The predicted molar refractivity (Wildman–Crippen MR) is 83.7 cm³/mol. The molecule has 0 aliphatic rings. The number of nitriles is 1. The molecule has 1 aromatic rings. The van der Waals surface area contributed by atoms with Crippen molar-refractivity contribution in [2.45, 2.75) is 31.2 Å². The molecule has 0 aromatic heterocycles. The lowest BCUT2D eigenvalue weighted by Crippen LogP contribution is -2.37. The van der Waals surface area contributed by atoms with E-state index < -0.39 is 10.0 Å². The second-order valence-corrected chi connectivity index (χ2v) is 7.46. The van der Waals surface area contributed by atoms with Gasteiger partial charge in [-0.15, -0.1) is 0 Å². The Morgan fingerprint density at radius 3 is 2.18 bits per heavy atom. The summed E-state index contributed by atoms with van der Waals surface area (Å²) in [6, 6.07) is 7.83. The number of hydrogen-bond donors (Lipinski definition) is 0. The first-order valence-corrected chi connectivity index (χ1v) is 8.36. The van der Waals surface area contributed by atoms with Crippen LogP contribution in [0.15, 0.2) is 29.2 Å². The first kappa shape index (κ1) is 18.1. The molecule has 6 nitrogen and oxygen atoms in total. The molecule has 0 spiro atoms. The van der Waals surface area contributed by atoms with E-state index >= 15 is 0 Å². The number of amides is 1. The number of benzene rings is 1. The van der Waals surface area contributed by atoms with Gasteiger partial charge >= 0.3 is 0 Å². The third kappa shape index (κ3) is 4.06. The molecule has 1 amide bonds. The topological polar surface area (TPSA) is 81.5 Å². The Kier molecular flexibility index (Phi) is 6.09. The number of rotatable bonds is 6. The Bertz CT molecular complexity index is 658. The zero-order valence-electron chi connectivity index (χ0n) is 13.3. The van der Waals surface area contributed by atoms with Crippen LogP contribution in [0.3, 0.4) is 0 Å². The van der Waals surface area contributed by atoms with Crippen LogP contribution in [0.25, 0.3) is 0 Å². The maximum atomic E-state index is 12.4. The minimum atomic E-state index is -3.50. The number of carbonyl (C=O) groups excluding carboxylic acids is 1. The number of nitrogens with zero attached hydrogens (tertiary/aromatic N) is 3. The standard InChI is InChI=1S/C15H21N3O3S/c1-12(2)18(11-5-10-16)15(19)13-6-8-14(9-7-13)22(20,21)17(3)4/h6-9,12H,5,11H2,1-4H3. The minimum Gasteiger partial charge on any atom is -0.335 e. The van der Waals surface area contributed by atoms with Crippen molar-refractivity contribution < 1.29 is 13.2 Å². The summed E-state index contributed by atoms with van der Waals surface area (Å²) in [7, 11) is -0.594. The van der Waals surface area contributed by atoms with E-state index in [4.69, 9.17) is 5.26 Å². The largest absolute Gasteiger partial charge is 0.335 e. The van der Waals surface area contributed by atoms with Crippen LogP contribution in [-0.4, -0.2) is 50.2 Å². The molecular weight excluding hydrogens is 302 g/mol. The van der Waals surface area contributed by atoms with Gasteiger partial charge in [-0.05, 0) is 38.1 Å². The fraction of sp³-hybridized carbons (Fsp3) is 0.467. The minimum absolute atomic E-state index is 0.0361. The van der Waals surface area contributed by atoms with E-state index in [-0.39, 0.29) is 23.3 Å². The van der Waals surface area contributed by atoms with Gasteiger partial charge in [0.25, 0.3) is 5.91 Å². The van der Waals surface area contributed by atoms with Crippen molar-refractivity contribution in [1.29, 1.82) is 5.26 Å². The van der Waals surface area contributed by atoms with Crippen molar-refractivity contribution in [1.82, 2.24) is 9.21 Å². The zero-order valence-corrected chi connectivity index (χ0v) is 14.1. The summed E-state index contributed by atoms with van der Waals surface area (Å²) in [6.07, 6.45) is 0.261. The number of hydrogen-bond acceptors (Lipinski definition) is 4. The molecule has 0 saturated carbocycles. The van der Waals surface area contributed by atoms with Gasteiger partial charge in [-0.1, -0.05) is 0 Å². The average molecular weight is 323 g/mol. The quantitative estimate of drug-likeness (QED) is 0.798. The van der Waals surface area contributed by atoms with Crippen molar-refractivity contribution >= 4 is 15.9 Å². The molecule has 0 heterocycles. The van der Waals surface area contributed by atoms with E-state index in [1.54, 1.807) is 4.90 Å². The molecule has 0 aliphatic heterocycles. The Labute approximate surface area is 132 Å². The monoisotopic (exact) mass is 323 g/mol. The van der Waals surface area contributed by atoms with Crippen LogP contribution in [-0.2, 0) is 10.0 Å². The summed E-state index contributed by atoms with van der Waals surface area (Å²) in [6.45, 7) is 4.10. The molecular formula is C15H21N3O3S. The molecule has 1 rings (SSSR count). The van der Waals surface area contributed by atoms with Crippen LogP contribution in [0, 0.1) is 11.3 Å². The van der Waals surface area contributed by atoms with Crippen LogP contribution >= 0.6 is 0 Å². The summed E-state index contributed by atoms with van der Waals surface area (Å²) in [4.78, 5) is 14.2. The molecule has 22 heavy (non-hydrogen) atoms. The van der Waals surface area contributed by atoms with Crippen LogP contribution in [0.4, 0.5) is 0 Å². The van der Waals surface area contributed by atoms with Crippen LogP contribution in [0.1, 0.15) is 30.6 Å². The maximum absolute atomic E-state index is 12.4. The fourth-order valence-electron chi connectivity index (χ4n) is 1.91. The van der Waals surface area contributed by atoms with Gasteiger partial charge in [0.15, 0.2) is 0 Å². The van der Waals surface area contributed by atoms with Gasteiger partial charge in [0, 0.05) is 32.2 Å². The molecule has 0 saturated heterocycles. The van der Waals surface area contributed by atoms with E-state index in [1.807, 2.05) is 19.9 Å². The van der Waals surface area contributed by atoms with Gasteiger partial charge in [0.2, 0.25) is 10.0 Å². The van der Waals surface area contributed by atoms with E-state index in [1.165, 1.54) is 38.4 Å². The Hall–Kier alpha value is -1.91. The SMILES string of the molecule is CC(C)N(CCC#N)C(=O)c1ccc(S(=O)(=O)N(C)C)cc1. The van der Waals surface area contributed by atoms with Crippen molar-refractivity contribution in [3.8, 4) is 6.07 Å². The highest BCUT2D eigenvalue weighted by molar-refractivity contribution is 7.89. The van der Waals surface area contributed by atoms with Crippen molar-refractivity contribution in [2.75, 3.05) is 20.6 Å². The van der Waals surface area contributed by atoms with E-state index in [9.17, 15) is 13.2 Å². The van der Waals surface area contributed by atoms with Gasteiger partial charge < -0.3 is 4.90 Å². The smallest absolute Gasteiger partial charge is 0.254 e. The first-order chi connectivity index (χ1) is 10.2. The highest BCUT2D eigenvalue weighted by Crippen LogP contribution is 2.16. The normalized spacial score (nSPS) is 11.5. The Morgan fingerprint density at radius 2 is 1.77 bits per heavy atom. The van der Waals surface area contributed by atoms with Gasteiger partial charge in [0.1, 0.15) is 0 Å².